The van der Waals surface area contributed by atoms with Crippen LogP contribution in [-0.2, 0) is 0 Å². The van der Waals surface area contributed by atoms with Crippen LogP contribution in [0.3, 0.4) is 0 Å². The van der Waals surface area contributed by atoms with Gasteiger partial charge in [-0.25, -0.2) is 0 Å². The highest BCUT2D eigenvalue weighted by Gasteiger charge is 2.42. The Balaban J connectivity index is 1.86. The fraction of sp³-hybridized carbons (Fsp3) is 0.562. The van der Waals surface area contributed by atoms with Crippen LogP contribution in [0, 0.1) is 12.6 Å². The van der Waals surface area contributed by atoms with Crippen LogP contribution in [-0.4, -0.2) is 36.9 Å². The standard InChI is InChI=1S/C16H19I2NO2/c1-16(9-19-5-3-2-4-6-19)10-21-14-12(15(16)20)7-11(17)8-13(14)18/h7-8H,2-6,9-10H2,1H3. The fourth-order valence-electron chi connectivity index (χ4n) is 3.23. The van der Waals surface area contributed by atoms with E-state index in [-0.39, 0.29) is 5.78 Å². The van der Waals surface area contributed by atoms with Crippen molar-refractivity contribution < 1.29 is 9.53 Å². The number of likely N-dealkylation sites (tertiary alicyclic amines) is 1. The third-order valence-electron chi connectivity index (χ3n) is 4.36. The first-order valence-electron chi connectivity index (χ1n) is 7.39. The smallest absolute Gasteiger partial charge is 0.177 e. The molecule has 1 unspecified atom stereocenters. The highest BCUT2D eigenvalue weighted by Crippen LogP contribution is 2.39. The van der Waals surface area contributed by atoms with Gasteiger partial charge < -0.3 is 9.64 Å². The summed E-state index contributed by atoms with van der Waals surface area (Å²) in [5.74, 6) is 1.02. The zero-order chi connectivity index (χ0) is 15.0. The molecule has 0 saturated carbocycles. The van der Waals surface area contributed by atoms with Crippen molar-refractivity contribution in [2.75, 3.05) is 26.2 Å². The quantitative estimate of drug-likeness (QED) is 0.564. The van der Waals surface area contributed by atoms with Crippen LogP contribution in [0.25, 0.3) is 0 Å². The molecule has 1 aromatic carbocycles. The predicted octanol–water partition coefficient (Wildman–Crippen LogP) is 3.96. The summed E-state index contributed by atoms with van der Waals surface area (Å²) in [5.41, 5.74) is 0.342. The van der Waals surface area contributed by atoms with Gasteiger partial charge in [-0.3, -0.25) is 4.79 Å². The zero-order valence-corrected chi connectivity index (χ0v) is 16.4. The number of hydrogen-bond acceptors (Lipinski definition) is 3. The molecule has 1 fully saturated rings. The number of ketones is 1. The summed E-state index contributed by atoms with van der Waals surface area (Å²) < 4.78 is 8.10. The second kappa shape index (κ2) is 6.31. The molecule has 0 amide bonds. The monoisotopic (exact) mass is 511 g/mol. The van der Waals surface area contributed by atoms with E-state index in [2.05, 4.69) is 63.1 Å². The molecule has 0 N–H and O–H groups in total. The van der Waals surface area contributed by atoms with E-state index in [1.165, 1.54) is 19.3 Å². The van der Waals surface area contributed by atoms with Crippen molar-refractivity contribution in [1.82, 2.24) is 4.90 Å². The molecule has 3 rings (SSSR count). The lowest BCUT2D eigenvalue weighted by Crippen LogP contribution is -2.48. The summed E-state index contributed by atoms with van der Waals surface area (Å²) >= 11 is 4.52. The lowest BCUT2D eigenvalue weighted by atomic mass is 9.80. The van der Waals surface area contributed by atoms with Crippen LogP contribution >= 0.6 is 45.2 Å². The number of ether oxygens (including phenoxy) is 1. The Morgan fingerprint density at radius 1 is 1.24 bits per heavy atom. The molecule has 0 bridgehead atoms. The summed E-state index contributed by atoms with van der Waals surface area (Å²) in [4.78, 5) is 15.4. The number of piperidine rings is 1. The Morgan fingerprint density at radius 3 is 2.67 bits per heavy atom. The average molecular weight is 511 g/mol. The molecule has 1 atom stereocenters. The molecule has 2 heterocycles. The molecule has 0 aliphatic carbocycles. The summed E-state index contributed by atoms with van der Waals surface area (Å²) in [6.07, 6.45) is 3.81. The van der Waals surface area contributed by atoms with Gasteiger partial charge in [0.15, 0.2) is 5.78 Å². The minimum absolute atomic E-state index is 0.241. The average Bonchev–Trinajstić information content (AvgIpc) is 2.44. The van der Waals surface area contributed by atoms with Crippen LogP contribution in [0.2, 0.25) is 0 Å². The molecule has 3 nitrogen and oxygen atoms in total. The van der Waals surface area contributed by atoms with Gasteiger partial charge >= 0.3 is 0 Å². The molecule has 2 aliphatic rings. The number of carbonyl (C=O) groups excluding carboxylic acids is 1. The third kappa shape index (κ3) is 3.24. The van der Waals surface area contributed by atoms with Gasteiger partial charge in [0.1, 0.15) is 12.4 Å². The summed E-state index contributed by atoms with van der Waals surface area (Å²) in [6, 6.07) is 4.02. The normalized spacial score (nSPS) is 26.3. The van der Waals surface area contributed by atoms with Crippen LogP contribution in [0.1, 0.15) is 36.5 Å². The summed E-state index contributed by atoms with van der Waals surface area (Å²) in [5, 5.41) is 0. The van der Waals surface area contributed by atoms with Gasteiger partial charge in [-0.2, -0.15) is 0 Å². The van der Waals surface area contributed by atoms with Gasteiger partial charge in [-0.05, 0) is 90.2 Å². The Hall–Kier alpha value is 0.110. The van der Waals surface area contributed by atoms with E-state index in [0.29, 0.717) is 6.61 Å². The Bertz CT molecular complexity index is 570. The Kier molecular flexibility index (Phi) is 4.80. The molecule has 2 aliphatic heterocycles. The van der Waals surface area contributed by atoms with E-state index >= 15 is 0 Å². The van der Waals surface area contributed by atoms with Crippen molar-refractivity contribution in [3.8, 4) is 5.75 Å². The SMILES string of the molecule is CC1(CN2CCCCC2)COc2c(I)cc(I)cc2C1=O. The Labute approximate surface area is 153 Å². The van der Waals surface area contributed by atoms with Gasteiger partial charge in [0, 0.05) is 10.1 Å². The minimum atomic E-state index is -0.419. The van der Waals surface area contributed by atoms with Crippen molar-refractivity contribution in [3.05, 3.63) is 24.8 Å². The number of Topliss-reactive ketones (excluding diaryl/α,β-unsaturated/α-hetero) is 1. The number of carbonyl (C=O) groups is 1. The molecule has 1 saturated heterocycles. The summed E-state index contributed by atoms with van der Waals surface area (Å²) in [6.45, 7) is 5.58. The van der Waals surface area contributed by atoms with Crippen LogP contribution in [0.5, 0.6) is 5.75 Å². The number of hydrogen-bond donors (Lipinski definition) is 0. The van der Waals surface area contributed by atoms with Gasteiger partial charge in [0.2, 0.25) is 0 Å². The number of nitrogens with zero attached hydrogens (tertiary/aromatic N) is 1. The maximum atomic E-state index is 13.0. The Morgan fingerprint density at radius 2 is 1.95 bits per heavy atom. The van der Waals surface area contributed by atoms with E-state index < -0.39 is 5.41 Å². The lowest BCUT2D eigenvalue weighted by molar-refractivity contribution is 0.0493. The van der Waals surface area contributed by atoms with Crippen molar-refractivity contribution in [1.29, 1.82) is 0 Å². The highest BCUT2D eigenvalue weighted by atomic mass is 127. The number of benzene rings is 1. The van der Waals surface area contributed by atoms with Gasteiger partial charge in [-0.15, -0.1) is 0 Å². The number of rotatable bonds is 2. The largest absolute Gasteiger partial charge is 0.491 e. The topological polar surface area (TPSA) is 29.5 Å². The van der Waals surface area contributed by atoms with Crippen molar-refractivity contribution in [2.45, 2.75) is 26.2 Å². The highest BCUT2D eigenvalue weighted by molar-refractivity contribution is 14.1. The van der Waals surface area contributed by atoms with Gasteiger partial charge in [-0.1, -0.05) is 6.42 Å². The van der Waals surface area contributed by atoms with Crippen molar-refractivity contribution in [3.63, 3.8) is 0 Å². The molecule has 1 aromatic rings. The predicted molar refractivity (Wildman–Crippen MR) is 100 cm³/mol. The lowest BCUT2D eigenvalue weighted by Gasteiger charge is -2.39. The molecule has 0 aromatic heterocycles. The van der Waals surface area contributed by atoms with Crippen molar-refractivity contribution in [2.24, 2.45) is 5.41 Å². The molecule has 0 radical (unpaired) electrons. The molecular formula is C16H19I2NO2. The second-order valence-electron chi connectivity index (χ2n) is 6.28. The number of halogens is 2. The molecule has 114 valence electrons. The zero-order valence-electron chi connectivity index (χ0n) is 12.1. The van der Waals surface area contributed by atoms with E-state index in [9.17, 15) is 4.79 Å². The van der Waals surface area contributed by atoms with E-state index in [1.807, 2.05) is 6.07 Å². The first kappa shape index (κ1) is 16.0. The third-order valence-corrected chi connectivity index (χ3v) is 5.78. The molecular weight excluding hydrogens is 492 g/mol. The minimum Gasteiger partial charge on any atom is -0.491 e. The van der Waals surface area contributed by atoms with Gasteiger partial charge in [0.25, 0.3) is 0 Å². The van der Waals surface area contributed by atoms with Crippen LogP contribution in [0.15, 0.2) is 12.1 Å². The van der Waals surface area contributed by atoms with Gasteiger partial charge in [0.05, 0.1) is 14.5 Å². The first-order chi connectivity index (χ1) is 9.99. The van der Waals surface area contributed by atoms with Crippen molar-refractivity contribution >= 4 is 51.0 Å². The molecule has 0 spiro atoms. The molecule has 21 heavy (non-hydrogen) atoms. The fourth-order valence-corrected chi connectivity index (χ4v) is 5.23. The van der Waals surface area contributed by atoms with E-state index in [0.717, 1.165) is 38.1 Å². The first-order valence-corrected chi connectivity index (χ1v) is 9.54. The molecule has 5 heteroatoms. The summed E-state index contributed by atoms with van der Waals surface area (Å²) in [7, 11) is 0. The van der Waals surface area contributed by atoms with Crippen LogP contribution in [0.4, 0.5) is 0 Å². The number of fused-ring (bicyclic) bond motifs is 1. The van der Waals surface area contributed by atoms with Crippen LogP contribution < -0.4 is 4.74 Å². The second-order valence-corrected chi connectivity index (χ2v) is 8.69. The maximum Gasteiger partial charge on any atom is 0.177 e. The van der Waals surface area contributed by atoms with E-state index in [1.54, 1.807) is 0 Å². The van der Waals surface area contributed by atoms with E-state index in [4.69, 9.17) is 4.74 Å². The maximum absolute atomic E-state index is 13.0.